The molecule has 0 aromatic carbocycles. The fraction of sp³-hybridized carbons (Fsp3) is 0.812. The molecule has 1 aromatic rings. The Kier molecular flexibility index (Phi) is 4.67. The predicted molar refractivity (Wildman–Crippen MR) is 78.1 cm³/mol. The van der Waals surface area contributed by atoms with Gasteiger partial charge >= 0.3 is 0 Å². The molecule has 1 aromatic heterocycles. The minimum atomic E-state index is -0.514. The van der Waals surface area contributed by atoms with Gasteiger partial charge in [0.1, 0.15) is 0 Å². The molecule has 1 N–H and O–H groups in total. The van der Waals surface area contributed by atoms with Gasteiger partial charge in [0.05, 0.1) is 11.3 Å². The molecular weight excluding hydrogens is 236 g/mol. The molecule has 19 heavy (non-hydrogen) atoms. The van der Waals surface area contributed by atoms with Crippen molar-refractivity contribution in [3.63, 3.8) is 0 Å². The van der Waals surface area contributed by atoms with Crippen molar-refractivity contribution >= 4 is 0 Å². The third-order valence-corrected chi connectivity index (χ3v) is 4.83. The monoisotopic (exact) mass is 264 g/mol. The Morgan fingerprint density at radius 2 is 2.11 bits per heavy atom. The molecule has 0 radical (unpaired) electrons. The number of hydrogen-bond donors (Lipinski definition) is 1. The first kappa shape index (κ1) is 14.6. The third-order valence-electron chi connectivity index (χ3n) is 4.83. The van der Waals surface area contributed by atoms with E-state index >= 15 is 0 Å². The second-order valence-electron chi connectivity index (χ2n) is 6.30. The van der Waals surface area contributed by atoms with E-state index in [1.807, 2.05) is 10.9 Å². The van der Waals surface area contributed by atoms with Crippen molar-refractivity contribution in [1.29, 1.82) is 0 Å². The third kappa shape index (κ3) is 3.59. The summed E-state index contributed by atoms with van der Waals surface area (Å²) in [6.45, 7) is 6.60. The summed E-state index contributed by atoms with van der Waals surface area (Å²) in [6.07, 6.45) is 9.29. The fourth-order valence-corrected chi connectivity index (χ4v) is 3.04. The Morgan fingerprint density at radius 1 is 1.42 bits per heavy atom. The van der Waals surface area contributed by atoms with Gasteiger partial charge in [0.25, 0.3) is 0 Å². The van der Waals surface area contributed by atoms with Crippen LogP contribution < -0.4 is 0 Å². The van der Waals surface area contributed by atoms with Crippen LogP contribution >= 0.6 is 0 Å². The zero-order valence-electron chi connectivity index (χ0n) is 12.6. The second kappa shape index (κ2) is 6.08. The van der Waals surface area contributed by atoms with Crippen molar-refractivity contribution in [2.24, 2.45) is 5.92 Å². The van der Waals surface area contributed by atoms with Crippen molar-refractivity contribution in [3.05, 3.63) is 18.0 Å². The molecular formula is C16H28N2O. The quantitative estimate of drug-likeness (QED) is 0.880. The molecule has 1 unspecified atom stereocenters. The maximum atomic E-state index is 10.7. The van der Waals surface area contributed by atoms with Gasteiger partial charge in [-0.2, -0.15) is 5.10 Å². The Bertz CT molecular complexity index is 391. The summed E-state index contributed by atoms with van der Waals surface area (Å²) in [5.41, 5.74) is 0.526. The van der Waals surface area contributed by atoms with Gasteiger partial charge in [0, 0.05) is 18.7 Å². The normalized spacial score (nSPS) is 29.4. The molecule has 1 atom stereocenters. The molecule has 1 saturated carbocycles. The number of aromatic nitrogens is 2. The number of rotatable bonds is 5. The lowest BCUT2D eigenvalue weighted by Crippen LogP contribution is -2.36. The van der Waals surface area contributed by atoms with E-state index in [1.165, 1.54) is 19.3 Å². The van der Waals surface area contributed by atoms with Gasteiger partial charge in [-0.15, -0.1) is 0 Å². The summed E-state index contributed by atoms with van der Waals surface area (Å²) in [5, 5.41) is 15.3. The largest absolute Gasteiger partial charge is 0.389 e. The predicted octanol–water partition coefficient (Wildman–Crippen LogP) is 3.73. The Labute approximate surface area is 117 Å². The minimum absolute atomic E-state index is 0.444. The van der Waals surface area contributed by atoms with Crippen molar-refractivity contribution in [1.82, 2.24) is 9.78 Å². The lowest BCUT2D eigenvalue weighted by molar-refractivity contribution is -0.0101. The van der Waals surface area contributed by atoms with Crippen LogP contribution in [0.1, 0.15) is 71.0 Å². The van der Waals surface area contributed by atoms with E-state index < -0.39 is 5.60 Å². The maximum Gasteiger partial charge on any atom is 0.0703 e. The van der Waals surface area contributed by atoms with Crippen LogP contribution in [0.2, 0.25) is 0 Å². The zero-order chi connectivity index (χ0) is 13.9. The highest BCUT2D eigenvalue weighted by Crippen LogP contribution is 2.35. The molecule has 1 aliphatic rings. The van der Waals surface area contributed by atoms with Crippen molar-refractivity contribution in [3.8, 4) is 0 Å². The first-order valence-corrected chi connectivity index (χ1v) is 7.82. The maximum absolute atomic E-state index is 10.7. The highest BCUT2D eigenvalue weighted by atomic mass is 16.3. The first-order valence-electron chi connectivity index (χ1n) is 7.82. The van der Waals surface area contributed by atoms with E-state index in [0.717, 1.165) is 30.9 Å². The van der Waals surface area contributed by atoms with Gasteiger partial charge in [-0.3, -0.25) is 4.68 Å². The van der Waals surface area contributed by atoms with Gasteiger partial charge in [0.15, 0.2) is 0 Å². The molecule has 108 valence electrons. The van der Waals surface area contributed by atoms with Gasteiger partial charge in [-0.25, -0.2) is 0 Å². The van der Waals surface area contributed by atoms with Gasteiger partial charge in [0.2, 0.25) is 0 Å². The Hall–Kier alpha value is -0.830. The van der Waals surface area contributed by atoms with Crippen LogP contribution in [0.15, 0.2) is 12.3 Å². The Balaban J connectivity index is 1.95. The van der Waals surface area contributed by atoms with Crippen molar-refractivity contribution in [2.45, 2.75) is 77.4 Å². The average Bonchev–Trinajstić information content (AvgIpc) is 2.86. The van der Waals surface area contributed by atoms with Crippen molar-refractivity contribution in [2.75, 3.05) is 0 Å². The summed E-state index contributed by atoms with van der Waals surface area (Å²) in [7, 11) is 0. The molecule has 1 aliphatic carbocycles. The average molecular weight is 264 g/mol. The van der Waals surface area contributed by atoms with E-state index in [0.29, 0.717) is 12.5 Å². The lowest BCUT2D eigenvalue weighted by Gasteiger charge is -2.35. The summed E-state index contributed by atoms with van der Waals surface area (Å²) >= 11 is 0. The second-order valence-corrected chi connectivity index (χ2v) is 6.30. The fourth-order valence-electron chi connectivity index (χ4n) is 3.04. The SMILES string of the molecule is CCC1CCC(O)(Cc2ccn(C(C)CC)n2)CC1. The molecule has 2 rings (SSSR count). The smallest absolute Gasteiger partial charge is 0.0703 e. The van der Waals surface area contributed by atoms with Gasteiger partial charge < -0.3 is 5.11 Å². The van der Waals surface area contributed by atoms with E-state index in [1.54, 1.807) is 0 Å². The van der Waals surface area contributed by atoms with Gasteiger partial charge in [-0.1, -0.05) is 20.3 Å². The van der Waals surface area contributed by atoms with E-state index in [2.05, 4.69) is 31.9 Å². The molecule has 1 fully saturated rings. The van der Waals surface area contributed by atoms with Crippen molar-refractivity contribution < 1.29 is 5.11 Å². The number of hydrogen-bond acceptors (Lipinski definition) is 2. The summed E-state index contributed by atoms with van der Waals surface area (Å²) in [4.78, 5) is 0. The van der Waals surface area contributed by atoms with Gasteiger partial charge in [-0.05, 0) is 51.0 Å². The van der Waals surface area contributed by atoms with Crippen LogP contribution in [-0.4, -0.2) is 20.5 Å². The zero-order valence-corrected chi connectivity index (χ0v) is 12.6. The highest BCUT2D eigenvalue weighted by molar-refractivity contribution is 5.05. The first-order chi connectivity index (χ1) is 9.06. The molecule has 0 aliphatic heterocycles. The molecule has 3 nitrogen and oxygen atoms in total. The van der Waals surface area contributed by atoms with Crippen LogP contribution in [0.5, 0.6) is 0 Å². The summed E-state index contributed by atoms with van der Waals surface area (Å²) < 4.78 is 2.02. The topological polar surface area (TPSA) is 38.0 Å². The minimum Gasteiger partial charge on any atom is -0.389 e. The number of aliphatic hydroxyl groups is 1. The van der Waals surface area contributed by atoms with E-state index in [-0.39, 0.29) is 0 Å². The number of nitrogens with zero attached hydrogens (tertiary/aromatic N) is 2. The lowest BCUT2D eigenvalue weighted by atomic mass is 9.76. The van der Waals surface area contributed by atoms with Crippen LogP contribution in [0.4, 0.5) is 0 Å². The van der Waals surface area contributed by atoms with Crippen LogP contribution in [0.25, 0.3) is 0 Å². The standard InChI is InChI=1S/C16H28N2O/c1-4-13(3)18-11-8-15(17-18)12-16(19)9-6-14(5-2)7-10-16/h8,11,13-14,19H,4-7,9-10,12H2,1-3H3. The van der Waals surface area contributed by atoms with Crippen LogP contribution in [0.3, 0.4) is 0 Å². The molecule has 3 heteroatoms. The summed E-state index contributed by atoms with van der Waals surface area (Å²) in [5.74, 6) is 0.818. The van der Waals surface area contributed by atoms with E-state index in [9.17, 15) is 5.11 Å². The molecule has 0 spiro atoms. The summed E-state index contributed by atoms with van der Waals surface area (Å²) in [6, 6.07) is 2.51. The Morgan fingerprint density at radius 3 is 2.68 bits per heavy atom. The molecule has 0 saturated heterocycles. The molecule has 0 amide bonds. The van der Waals surface area contributed by atoms with Crippen LogP contribution in [0, 0.1) is 5.92 Å². The van der Waals surface area contributed by atoms with E-state index in [4.69, 9.17) is 0 Å². The molecule has 0 bridgehead atoms. The molecule has 1 heterocycles. The highest BCUT2D eigenvalue weighted by Gasteiger charge is 2.33. The van der Waals surface area contributed by atoms with Crippen LogP contribution in [-0.2, 0) is 6.42 Å².